The molecule has 0 saturated carbocycles. The monoisotopic (exact) mass is 273 g/mol. The van der Waals surface area contributed by atoms with E-state index >= 15 is 0 Å². The van der Waals surface area contributed by atoms with Crippen LogP contribution in [0.15, 0.2) is 24.3 Å². The molecule has 0 aliphatic rings. The van der Waals surface area contributed by atoms with E-state index < -0.39 is 0 Å². The summed E-state index contributed by atoms with van der Waals surface area (Å²) >= 11 is 0. The number of hydrogen-bond donors (Lipinski definition) is 1. The van der Waals surface area contributed by atoms with Crippen LogP contribution in [0.5, 0.6) is 0 Å². The van der Waals surface area contributed by atoms with Gasteiger partial charge >= 0.3 is 0 Å². The Morgan fingerprint density at radius 2 is 1.90 bits per heavy atom. The number of carbonyl (C=O) groups is 1. The summed E-state index contributed by atoms with van der Waals surface area (Å²) in [5, 5.41) is 11.6. The predicted molar refractivity (Wildman–Crippen MR) is 81.4 cm³/mol. The fourth-order valence-corrected chi connectivity index (χ4v) is 2.22. The van der Waals surface area contributed by atoms with E-state index in [-0.39, 0.29) is 5.91 Å². The average molecular weight is 273 g/mol. The highest BCUT2D eigenvalue weighted by molar-refractivity contribution is 5.90. The van der Waals surface area contributed by atoms with E-state index in [2.05, 4.69) is 37.2 Å². The molecule has 0 aromatic heterocycles. The van der Waals surface area contributed by atoms with Gasteiger partial charge in [0.15, 0.2) is 0 Å². The Labute approximate surface area is 121 Å². The first-order valence-corrected chi connectivity index (χ1v) is 7.11. The van der Waals surface area contributed by atoms with Gasteiger partial charge in [0.25, 0.3) is 0 Å². The van der Waals surface area contributed by atoms with Crippen molar-refractivity contribution < 1.29 is 4.79 Å². The quantitative estimate of drug-likeness (QED) is 0.831. The molecule has 1 aromatic carbocycles. The van der Waals surface area contributed by atoms with Crippen molar-refractivity contribution in [1.29, 1.82) is 5.26 Å². The maximum Gasteiger partial charge on any atom is 0.225 e. The Morgan fingerprint density at radius 3 is 2.40 bits per heavy atom. The molecule has 1 aromatic rings. The Morgan fingerprint density at radius 1 is 1.30 bits per heavy atom. The predicted octanol–water partition coefficient (Wildman–Crippen LogP) is 3.01. The van der Waals surface area contributed by atoms with Crippen LogP contribution in [0.1, 0.15) is 38.7 Å². The van der Waals surface area contributed by atoms with Gasteiger partial charge in [-0.3, -0.25) is 4.79 Å². The van der Waals surface area contributed by atoms with E-state index in [0.717, 1.165) is 25.1 Å². The smallest absolute Gasteiger partial charge is 0.225 e. The third-order valence-electron chi connectivity index (χ3n) is 3.56. The van der Waals surface area contributed by atoms with Gasteiger partial charge in [0.2, 0.25) is 5.91 Å². The zero-order valence-corrected chi connectivity index (χ0v) is 12.5. The number of nitrogens with one attached hydrogen (secondary N) is 1. The van der Waals surface area contributed by atoms with E-state index in [4.69, 9.17) is 5.26 Å². The van der Waals surface area contributed by atoms with Gasteiger partial charge in [0.05, 0.1) is 11.6 Å². The van der Waals surface area contributed by atoms with Crippen molar-refractivity contribution in [1.82, 2.24) is 4.90 Å². The van der Waals surface area contributed by atoms with Gasteiger partial charge in [-0.2, -0.15) is 5.26 Å². The first-order valence-electron chi connectivity index (χ1n) is 7.11. The molecular weight excluding hydrogens is 250 g/mol. The third-order valence-corrected chi connectivity index (χ3v) is 3.56. The molecule has 4 heteroatoms. The molecular formula is C16H23N3O. The van der Waals surface area contributed by atoms with Gasteiger partial charge in [-0.05, 0) is 44.2 Å². The van der Waals surface area contributed by atoms with E-state index in [9.17, 15) is 4.79 Å². The summed E-state index contributed by atoms with van der Waals surface area (Å²) in [6.07, 6.45) is 2.68. The van der Waals surface area contributed by atoms with Crippen molar-refractivity contribution in [2.24, 2.45) is 0 Å². The molecule has 0 spiro atoms. The maximum absolute atomic E-state index is 11.9. The molecule has 0 saturated heterocycles. The molecule has 4 nitrogen and oxygen atoms in total. The minimum Gasteiger partial charge on any atom is -0.326 e. The summed E-state index contributed by atoms with van der Waals surface area (Å²) < 4.78 is 0. The summed E-state index contributed by atoms with van der Waals surface area (Å²) in [6, 6.07) is 9.50. The first kappa shape index (κ1) is 16.2. The first-order chi connectivity index (χ1) is 9.60. The van der Waals surface area contributed by atoms with E-state index in [1.54, 1.807) is 24.3 Å². The molecule has 1 N–H and O–H groups in total. The van der Waals surface area contributed by atoms with E-state index in [0.29, 0.717) is 18.0 Å². The molecule has 0 aliphatic carbocycles. The average Bonchev–Trinajstić information content (AvgIpc) is 2.47. The number of rotatable bonds is 7. The summed E-state index contributed by atoms with van der Waals surface area (Å²) in [6.45, 7) is 5.09. The second-order valence-electron chi connectivity index (χ2n) is 4.94. The third kappa shape index (κ3) is 5.02. The van der Waals surface area contributed by atoms with Crippen LogP contribution >= 0.6 is 0 Å². The highest BCUT2D eigenvalue weighted by atomic mass is 16.1. The van der Waals surface area contributed by atoms with Crippen molar-refractivity contribution >= 4 is 11.6 Å². The molecule has 0 unspecified atom stereocenters. The molecule has 0 radical (unpaired) electrons. The van der Waals surface area contributed by atoms with Gasteiger partial charge in [-0.15, -0.1) is 0 Å². The maximum atomic E-state index is 11.9. The lowest BCUT2D eigenvalue weighted by molar-refractivity contribution is -0.116. The molecule has 1 rings (SSSR count). The Hall–Kier alpha value is -1.86. The lowest BCUT2D eigenvalue weighted by Crippen LogP contribution is -2.33. The molecule has 0 fully saturated rings. The molecule has 108 valence electrons. The molecule has 1 amide bonds. The van der Waals surface area contributed by atoms with Crippen molar-refractivity contribution in [3.8, 4) is 6.07 Å². The standard InChI is InChI=1S/C16H23N3O/c1-4-15(5-2)19(3)11-10-16(20)18-14-8-6-13(12-17)7-9-14/h6-9,15H,4-5,10-11H2,1-3H3,(H,18,20). The number of hydrogen-bond acceptors (Lipinski definition) is 3. The van der Waals surface area contributed by atoms with E-state index in [1.807, 2.05) is 0 Å². The van der Waals surface area contributed by atoms with Crippen molar-refractivity contribution in [3.05, 3.63) is 29.8 Å². The van der Waals surface area contributed by atoms with Crippen LogP contribution in [0.4, 0.5) is 5.69 Å². The van der Waals surface area contributed by atoms with E-state index in [1.165, 1.54) is 0 Å². The summed E-state index contributed by atoms with van der Waals surface area (Å²) in [5.74, 6) is 0.00696. The summed E-state index contributed by atoms with van der Waals surface area (Å²) in [7, 11) is 2.06. The second kappa shape index (κ2) is 8.34. The largest absolute Gasteiger partial charge is 0.326 e. The Balaban J connectivity index is 2.41. The van der Waals surface area contributed by atoms with Gasteiger partial charge in [-0.1, -0.05) is 13.8 Å². The number of carbonyl (C=O) groups excluding carboxylic acids is 1. The molecule has 0 heterocycles. The number of anilines is 1. The molecule has 20 heavy (non-hydrogen) atoms. The minimum atomic E-state index is 0.00696. The van der Waals surface area contributed by atoms with Crippen molar-refractivity contribution in [2.75, 3.05) is 18.9 Å². The van der Waals surface area contributed by atoms with Crippen LogP contribution in [0, 0.1) is 11.3 Å². The van der Waals surface area contributed by atoms with Gasteiger partial charge in [0, 0.05) is 24.7 Å². The van der Waals surface area contributed by atoms with Crippen LogP contribution in [0.2, 0.25) is 0 Å². The minimum absolute atomic E-state index is 0.00696. The lowest BCUT2D eigenvalue weighted by Gasteiger charge is -2.25. The lowest BCUT2D eigenvalue weighted by atomic mass is 10.1. The molecule has 0 bridgehead atoms. The Bertz CT molecular complexity index is 458. The summed E-state index contributed by atoms with van der Waals surface area (Å²) in [4.78, 5) is 14.1. The fourth-order valence-electron chi connectivity index (χ4n) is 2.22. The van der Waals surface area contributed by atoms with Crippen LogP contribution in [0.3, 0.4) is 0 Å². The van der Waals surface area contributed by atoms with Gasteiger partial charge < -0.3 is 10.2 Å². The number of amides is 1. The van der Waals surface area contributed by atoms with Crippen LogP contribution in [-0.4, -0.2) is 30.4 Å². The molecule has 0 atom stereocenters. The van der Waals surface area contributed by atoms with Crippen LogP contribution in [0.25, 0.3) is 0 Å². The number of benzene rings is 1. The fraction of sp³-hybridized carbons (Fsp3) is 0.500. The normalized spacial score (nSPS) is 10.6. The number of nitriles is 1. The van der Waals surface area contributed by atoms with Crippen LogP contribution in [-0.2, 0) is 4.79 Å². The topological polar surface area (TPSA) is 56.1 Å². The van der Waals surface area contributed by atoms with Crippen molar-refractivity contribution in [3.63, 3.8) is 0 Å². The highest BCUT2D eigenvalue weighted by Crippen LogP contribution is 2.10. The summed E-state index contributed by atoms with van der Waals surface area (Å²) in [5.41, 5.74) is 1.33. The second-order valence-corrected chi connectivity index (χ2v) is 4.94. The Kier molecular flexibility index (Phi) is 6.75. The zero-order chi connectivity index (χ0) is 15.0. The van der Waals surface area contributed by atoms with Gasteiger partial charge in [0.1, 0.15) is 0 Å². The van der Waals surface area contributed by atoms with Crippen LogP contribution < -0.4 is 5.32 Å². The highest BCUT2D eigenvalue weighted by Gasteiger charge is 2.11. The van der Waals surface area contributed by atoms with Gasteiger partial charge in [-0.25, -0.2) is 0 Å². The molecule has 0 aliphatic heterocycles. The van der Waals surface area contributed by atoms with Crippen molar-refractivity contribution in [2.45, 2.75) is 39.2 Å². The SMILES string of the molecule is CCC(CC)N(C)CCC(=O)Nc1ccc(C#N)cc1. The number of nitrogens with zero attached hydrogens (tertiary/aromatic N) is 2. The zero-order valence-electron chi connectivity index (χ0n) is 12.5.